The summed E-state index contributed by atoms with van der Waals surface area (Å²) in [5, 5.41) is 8.75. The summed E-state index contributed by atoms with van der Waals surface area (Å²) in [4.78, 5) is 14.9. The van der Waals surface area contributed by atoms with Crippen LogP contribution in [0.2, 0.25) is 0 Å². The van der Waals surface area contributed by atoms with Crippen molar-refractivity contribution in [3.63, 3.8) is 0 Å². The topological polar surface area (TPSA) is 83.9 Å². The van der Waals surface area contributed by atoms with E-state index in [0.29, 0.717) is 5.95 Å². The van der Waals surface area contributed by atoms with Gasteiger partial charge in [0, 0.05) is 72.1 Å². The zero-order valence-corrected chi connectivity index (χ0v) is 18.9. The molecule has 1 aliphatic rings. The number of nitrogens with zero attached hydrogens (tertiary/aromatic N) is 5. The number of aromatic nitrogens is 5. The van der Waals surface area contributed by atoms with Gasteiger partial charge in [0.1, 0.15) is 0 Å². The lowest BCUT2D eigenvalue weighted by molar-refractivity contribution is 0.122. The molecule has 34 heavy (non-hydrogen) atoms. The van der Waals surface area contributed by atoms with E-state index in [1.807, 2.05) is 36.4 Å². The van der Waals surface area contributed by atoms with Crippen LogP contribution in [0.3, 0.4) is 0 Å². The molecule has 0 bridgehead atoms. The van der Waals surface area contributed by atoms with Crippen LogP contribution >= 0.6 is 0 Å². The van der Waals surface area contributed by atoms with E-state index in [4.69, 9.17) is 9.72 Å². The zero-order chi connectivity index (χ0) is 22.9. The molecule has 170 valence electrons. The van der Waals surface area contributed by atoms with Gasteiger partial charge in [0.05, 0.1) is 25.1 Å². The van der Waals surface area contributed by atoms with Crippen molar-refractivity contribution in [3.05, 3.63) is 73.3 Å². The number of morpholine rings is 1. The van der Waals surface area contributed by atoms with E-state index < -0.39 is 0 Å². The third-order valence-electron chi connectivity index (χ3n) is 6.15. The van der Waals surface area contributed by atoms with Crippen molar-refractivity contribution in [1.82, 2.24) is 24.7 Å². The molecule has 1 fully saturated rings. The monoisotopic (exact) mass is 451 g/mol. The molecule has 0 amide bonds. The number of rotatable bonds is 5. The molecule has 1 saturated heterocycles. The van der Waals surface area contributed by atoms with Crippen molar-refractivity contribution >= 4 is 28.2 Å². The molecule has 0 unspecified atom stereocenters. The zero-order valence-electron chi connectivity index (χ0n) is 18.9. The highest BCUT2D eigenvalue weighted by Gasteiger charge is 2.13. The van der Waals surface area contributed by atoms with Crippen LogP contribution in [-0.4, -0.2) is 51.0 Å². The number of anilines is 3. The number of aromatic amines is 1. The average molecular weight is 452 g/mol. The van der Waals surface area contributed by atoms with Crippen LogP contribution in [0.25, 0.3) is 33.3 Å². The van der Waals surface area contributed by atoms with Gasteiger partial charge in [-0.1, -0.05) is 6.07 Å². The summed E-state index contributed by atoms with van der Waals surface area (Å²) in [6.07, 6.45) is 7.69. The van der Waals surface area contributed by atoms with Gasteiger partial charge in [-0.05, 0) is 48.0 Å². The lowest BCUT2D eigenvalue weighted by Gasteiger charge is -2.28. The van der Waals surface area contributed by atoms with E-state index in [1.165, 1.54) is 5.69 Å². The lowest BCUT2D eigenvalue weighted by Crippen LogP contribution is -2.36. The molecule has 0 radical (unpaired) electrons. The Balaban J connectivity index is 1.26. The molecule has 6 rings (SSSR count). The summed E-state index contributed by atoms with van der Waals surface area (Å²) >= 11 is 0. The summed E-state index contributed by atoms with van der Waals surface area (Å²) in [5.74, 6) is 0.564. The minimum Gasteiger partial charge on any atom is -0.378 e. The van der Waals surface area contributed by atoms with Gasteiger partial charge in [-0.3, -0.25) is 4.68 Å². The van der Waals surface area contributed by atoms with Gasteiger partial charge >= 0.3 is 0 Å². The highest BCUT2D eigenvalue weighted by Crippen LogP contribution is 2.32. The Morgan fingerprint density at radius 1 is 1.00 bits per heavy atom. The molecule has 2 N–H and O–H groups in total. The van der Waals surface area contributed by atoms with E-state index in [0.717, 1.165) is 65.3 Å². The maximum Gasteiger partial charge on any atom is 0.227 e. The third-order valence-corrected chi connectivity index (χ3v) is 6.15. The summed E-state index contributed by atoms with van der Waals surface area (Å²) in [7, 11) is 1.93. The predicted octanol–water partition coefficient (Wildman–Crippen LogP) is 4.61. The molecule has 8 heteroatoms. The summed E-state index contributed by atoms with van der Waals surface area (Å²) < 4.78 is 7.26. The second-order valence-corrected chi connectivity index (χ2v) is 8.40. The second kappa shape index (κ2) is 8.64. The van der Waals surface area contributed by atoms with E-state index in [-0.39, 0.29) is 0 Å². The maximum atomic E-state index is 5.45. The Hall–Kier alpha value is -4.17. The summed E-state index contributed by atoms with van der Waals surface area (Å²) in [6.45, 7) is 3.40. The fourth-order valence-corrected chi connectivity index (χ4v) is 4.36. The predicted molar refractivity (Wildman–Crippen MR) is 134 cm³/mol. The molecule has 0 spiro atoms. The van der Waals surface area contributed by atoms with Crippen LogP contribution in [0.1, 0.15) is 0 Å². The third kappa shape index (κ3) is 3.99. The number of nitrogens with one attached hydrogen (secondary N) is 2. The minimum atomic E-state index is 0.564. The van der Waals surface area contributed by atoms with Crippen LogP contribution in [0, 0.1) is 0 Å². The standard InChI is InChI=1S/C26H25N7O/c1-32-17-19(15-29-32)18-2-7-24-22(14-18)23(16-28-24)25-8-9-27-26(31-25)30-20-3-5-21(6-4-20)33-10-12-34-13-11-33/h2-9,14-17,28H,10-13H2,1H3,(H,27,30,31). The number of benzene rings is 2. The summed E-state index contributed by atoms with van der Waals surface area (Å²) in [5.41, 5.74) is 7.32. The van der Waals surface area contributed by atoms with Crippen molar-refractivity contribution in [2.45, 2.75) is 0 Å². The molecule has 5 aromatic rings. The Kier molecular flexibility index (Phi) is 5.20. The average Bonchev–Trinajstić information content (AvgIpc) is 3.51. The molecule has 3 aromatic heterocycles. The van der Waals surface area contributed by atoms with Gasteiger partial charge in [0.25, 0.3) is 0 Å². The van der Waals surface area contributed by atoms with Crippen molar-refractivity contribution in [3.8, 4) is 22.4 Å². The second-order valence-electron chi connectivity index (χ2n) is 8.40. The van der Waals surface area contributed by atoms with E-state index in [9.17, 15) is 0 Å². The highest BCUT2D eigenvalue weighted by molar-refractivity contribution is 5.97. The van der Waals surface area contributed by atoms with Crippen LogP contribution in [-0.2, 0) is 11.8 Å². The van der Waals surface area contributed by atoms with Gasteiger partial charge < -0.3 is 19.9 Å². The summed E-state index contributed by atoms with van der Waals surface area (Å²) in [6, 6.07) is 16.7. The first-order valence-corrected chi connectivity index (χ1v) is 11.4. The maximum absolute atomic E-state index is 5.45. The first-order chi connectivity index (χ1) is 16.7. The van der Waals surface area contributed by atoms with Gasteiger partial charge in [-0.25, -0.2) is 9.97 Å². The van der Waals surface area contributed by atoms with Gasteiger partial charge in [-0.15, -0.1) is 0 Å². The van der Waals surface area contributed by atoms with E-state index in [2.05, 4.69) is 67.7 Å². The minimum absolute atomic E-state index is 0.564. The van der Waals surface area contributed by atoms with Gasteiger partial charge in [0.15, 0.2) is 0 Å². The Morgan fingerprint density at radius 2 is 1.85 bits per heavy atom. The first-order valence-electron chi connectivity index (χ1n) is 11.4. The molecule has 0 saturated carbocycles. The number of hydrogen-bond acceptors (Lipinski definition) is 6. The molecular formula is C26H25N7O. The largest absolute Gasteiger partial charge is 0.378 e. The van der Waals surface area contributed by atoms with Crippen LogP contribution in [0.4, 0.5) is 17.3 Å². The van der Waals surface area contributed by atoms with Crippen LogP contribution in [0.5, 0.6) is 0 Å². The lowest BCUT2D eigenvalue weighted by atomic mass is 10.0. The van der Waals surface area contributed by atoms with Crippen LogP contribution in [0.15, 0.2) is 73.3 Å². The van der Waals surface area contributed by atoms with Crippen LogP contribution < -0.4 is 10.2 Å². The van der Waals surface area contributed by atoms with Gasteiger partial charge in [0.2, 0.25) is 5.95 Å². The SMILES string of the molecule is Cn1cc(-c2ccc3[nH]cc(-c4ccnc(Nc5ccc(N6CCOCC6)cc5)n4)c3c2)cn1. The Bertz CT molecular complexity index is 1430. The highest BCUT2D eigenvalue weighted by atomic mass is 16.5. The molecule has 0 atom stereocenters. The Labute approximate surface area is 197 Å². The number of fused-ring (bicyclic) bond motifs is 1. The smallest absolute Gasteiger partial charge is 0.227 e. The molecule has 0 aliphatic carbocycles. The first kappa shape index (κ1) is 20.4. The number of hydrogen-bond donors (Lipinski definition) is 2. The van der Waals surface area contributed by atoms with E-state index >= 15 is 0 Å². The van der Waals surface area contributed by atoms with Crippen molar-refractivity contribution in [1.29, 1.82) is 0 Å². The number of H-pyrrole nitrogens is 1. The Morgan fingerprint density at radius 3 is 2.65 bits per heavy atom. The van der Waals surface area contributed by atoms with E-state index in [1.54, 1.807) is 6.20 Å². The number of aryl methyl sites for hydroxylation is 1. The van der Waals surface area contributed by atoms with Gasteiger partial charge in [-0.2, -0.15) is 5.10 Å². The normalized spacial score (nSPS) is 14.0. The fraction of sp³-hybridized carbons (Fsp3) is 0.192. The number of ether oxygens (including phenoxy) is 1. The molecule has 4 heterocycles. The fourth-order valence-electron chi connectivity index (χ4n) is 4.36. The molecule has 1 aliphatic heterocycles. The van der Waals surface area contributed by atoms with Crippen molar-refractivity contribution in [2.24, 2.45) is 7.05 Å². The molecule has 2 aromatic carbocycles. The quantitative estimate of drug-likeness (QED) is 0.406. The molecule has 8 nitrogen and oxygen atoms in total. The van der Waals surface area contributed by atoms with Crippen molar-refractivity contribution in [2.75, 3.05) is 36.5 Å². The molecular weight excluding hydrogens is 426 g/mol. The van der Waals surface area contributed by atoms with Crippen molar-refractivity contribution < 1.29 is 4.74 Å².